The zero-order valence-corrected chi connectivity index (χ0v) is 17.1. The molecule has 5 rings (SSSR count). The molecule has 0 atom stereocenters. The molecule has 0 saturated heterocycles. The van der Waals surface area contributed by atoms with Crippen LogP contribution in [-0.2, 0) is 11.2 Å². The number of hydrogen-bond acceptors (Lipinski definition) is 6. The second-order valence-corrected chi connectivity index (χ2v) is 8.01. The van der Waals surface area contributed by atoms with Crippen LogP contribution in [0.25, 0.3) is 21.9 Å². The summed E-state index contributed by atoms with van der Waals surface area (Å²) in [4.78, 5) is 9.52. The normalized spacial score (nSPS) is 19.4. The van der Waals surface area contributed by atoms with Crippen molar-refractivity contribution in [3.63, 3.8) is 0 Å². The average Bonchev–Trinajstić information content (AvgIpc) is 3.36. The van der Waals surface area contributed by atoms with Gasteiger partial charge in [0.2, 0.25) is 0 Å². The van der Waals surface area contributed by atoms with Gasteiger partial charge in [0.05, 0.1) is 47.1 Å². The Balaban J connectivity index is 1.70. The summed E-state index contributed by atoms with van der Waals surface area (Å²) < 4.78 is 13.2. The smallest absolute Gasteiger partial charge is 0.133 e. The molecule has 3 heterocycles. The first kappa shape index (κ1) is 18.8. The Morgan fingerprint density at radius 2 is 2.03 bits per heavy atom. The molecule has 0 unspecified atom stereocenters. The van der Waals surface area contributed by atoms with Gasteiger partial charge in [0.15, 0.2) is 0 Å². The molecule has 7 nitrogen and oxygen atoms in total. The predicted molar refractivity (Wildman–Crippen MR) is 112 cm³/mol. The second-order valence-electron chi connectivity index (χ2n) is 8.01. The highest BCUT2D eigenvalue weighted by Crippen LogP contribution is 2.36. The minimum Gasteiger partial charge on any atom is -0.381 e. The largest absolute Gasteiger partial charge is 0.381 e. The van der Waals surface area contributed by atoms with E-state index >= 15 is 0 Å². The lowest BCUT2D eigenvalue weighted by Gasteiger charge is -2.30. The van der Waals surface area contributed by atoms with Crippen LogP contribution in [0.3, 0.4) is 0 Å². The number of pyridine rings is 1. The fraction of sp³-hybridized carbons (Fsp3) is 0.391. The average molecular weight is 401 g/mol. The van der Waals surface area contributed by atoms with Crippen molar-refractivity contribution in [3.05, 3.63) is 53.3 Å². The third-order valence-corrected chi connectivity index (χ3v) is 6.08. The first-order valence-electron chi connectivity index (χ1n) is 10.3. The first-order chi connectivity index (χ1) is 14.7. The number of nitriles is 1. The minimum atomic E-state index is 0.320. The fourth-order valence-electron chi connectivity index (χ4n) is 4.62. The fourth-order valence-corrected chi connectivity index (χ4v) is 4.62. The van der Waals surface area contributed by atoms with Gasteiger partial charge in [0.25, 0.3) is 0 Å². The molecule has 3 aromatic heterocycles. The number of rotatable bonds is 4. The third-order valence-electron chi connectivity index (χ3n) is 6.08. The lowest BCUT2D eigenvalue weighted by Crippen LogP contribution is -2.24. The molecule has 1 aliphatic carbocycles. The lowest BCUT2D eigenvalue weighted by molar-refractivity contribution is 0.0586. The number of imidazole rings is 1. The molecule has 152 valence electrons. The van der Waals surface area contributed by atoms with Crippen molar-refractivity contribution in [2.75, 3.05) is 7.11 Å². The van der Waals surface area contributed by atoms with E-state index in [0.29, 0.717) is 24.1 Å². The summed E-state index contributed by atoms with van der Waals surface area (Å²) in [5.74, 6) is 1.75. The molecule has 1 fully saturated rings. The number of hydrogen-bond donors (Lipinski definition) is 0. The van der Waals surface area contributed by atoms with Crippen LogP contribution in [0.4, 0.5) is 0 Å². The molecule has 4 aromatic rings. The van der Waals surface area contributed by atoms with Crippen molar-refractivity contribution in [1.82, 2.24) is 19.7 Å². The topological polar surface area (TPSA) is 89.8 Å². The molecule has 0 spiro atoms. The highest BCUT2D eigenvalue weighted by molar-refractivity contribution is 6.02. The van der Waals surface area contributed by atoms with E-state index in [1.165, 1.54) is 0 Å². The van der Waals surface area contributed by atoms with Gasteiger partial charge in [-0.2, -0.15) is 5.26 Å². The van der Waals surface area contributed by atoms with E-state index in [4.69, 9.17) is 14.2 Å². The highest BCUT2D eigenvalue weighted by Gasteiger charge is 2.27. The van der Waals surface area contributed by atoms with Gasteiger partial charge in [-0.15, -0.1) is 0 Å². The molecule has 0 N–H and O–H groups in total. The maximum absolute atomic E-state index is 9.42. The molecule has 7 heteroatoms. The van der Waals surface area contributed by atoms with E-state index in [1.807, 2.05) is 37.4 Å². The van der Waals surface area contributed by atoms with Crippen molar-refractivity contribution in [1.29, 1.82) is 5.26 Å². The zero-order valence-electron chi connectivity index (χ0n) is 17.1. The number of aromatic nitrogens is 4. The van der Waals surface area contributed by atoms with Gasteiger partial charge >= 0.3 is 0 Å². The molecule has 0 radical (unpaired) electrons. The Labute approximate surface area is 174 Å². The SMILES string of the molecule is COC1CCC(n2c(Cc3cc(C)on3)nc3cnc4ccc(C#N)cc4c32)CC1. The summed E-state index contributed by atoms with van der Waals surface area (Å²) in [6.07, 6.45) is 6.84. The van der Waals surface area contributed by atoms with Crippen LogP contribution in [0.5, 0.6) is 0 Å². The van der Waals surface area contributed by atoms with Gasteiger partial charge in [-0.1, -0.05) is 5.16 Å². The summed E-state index contributed by atoms with van der Waals surface area (Å²) >= 11 is 0. The van der Waals surface area contributed by atoms with Gasteiger partial charge in [-0.05, 0) is 50.8 Å². The summed E-state index contributed by atoms with van der Waals surface area (Å²) in [6, 6.07) is 10.2. The summed E-state index contributed by atoms with van der Waals surface area (Å²) in [5.41, 5.74) is 4.26. The Morgan fingerprint density at radius 3 is 2.73 bits per heavy atom. The standard InChI is InChI=1S/C23H23N5O2/c1-14-9-16(27-30-14)11-22-26-21-13-25-20-8-3-15(12-24)10-19(20)23(21)28(22)17-4-6-18(29-2)7-5-17/h3,8-10,13,17-18H,4-7,11H2,1-2H3. The van der Waals surface area contributed by atoms with Gasteiger partial charge < -0.3 is 13.8 Å². The van der Waals surface area contributed by atoms with E-state index < -0.39 is 0 Å². The summed E-state index contributed by atoms with van der Waals surface area (Å²) in [5, 5.41) is 14.6. The van der Waals surface area contributed by atoms with Crippen LogP contribution in [-0.4, -0.2) is 32.9 Å². The van der Waals surface area contributed by atoms with E-state index in [1.54, 1.807) is 7.11 Å². The van der Waals surface area contributed by atoms with Crippen molar-refractivity contribution >= 4 is 21.9 Å². The zero-order chi connectivity index (χ0) is 20.7. The molecule has 1 saturated carbocycles. The van der Waals surface area contributed by atoms with Crippen molar-refractivity contribution in [3.8, 4) is 6.07 Å². The summed E-state index contributed by atoms with van der Waals surface area (Å²) in [6.45, 7) is 1.90. The number of benzene rings is 1. The molecule has 0 amide bonds. The van der Waals surface area contributed by atoms with E-state index in [9.17, 15) is 5.26 Å². The van der Waals surface area contributed by atoms with Crippen molar-refractivity contribution < 1.29 is 9.26 Å². The molecule has 0 aliphatic heterocycles. The van der Waals surface area contributed by atoms with Crippen LogP contribution in [0.15, 0.2) is 35.0 Å². The van der Waals surface area contributed by atoms with E-state index in [0.717, 1.165) is 64.9 Å². The van der Waals surface area contributed by atoms with Gasteiger partial charge in [0, 0.05) is 24.6 Å². The Hall–Kier alpha value is -3.24. The van der Waals surface area contributed by atoms with Crippen LogP contribution >= 0.6 is 0 Å². The Kier molecular flexibility index (Phi) is 4.72. The van der Waals surface area contributed by atoms with Crippen molar-refractivity contribution in [2.45, 2.75) is 51.2 Å². The summed E-state index contributed by atoms with van der Waals surface area (Å²) in [7, 11) is 1.79. The molecule has 30 heavy (non-hydrogen) atoms. The van der Waals surface area contributed by atoms with Gasteiger partial charge in [0.1, 0.15) is 17.1 Å². The lowest BCUT2D eigenvalue weighted by atomic mass is 9.92. The predicted octanol–water partition coefficient (Wildman–Crippen LogP) is 4.47. The minimum absolute atomic E-state index is 0.320. The first-order valence-corrected chi connectivity index (χ1v) is 10.3. The maximum Gasteiger partial charge on any atom is 0.133 e. The number of methoxy groups -OCH3 is 1. The Morgan fingerprint density at radius 1 is 1.20 bits per heavy atom. The molecule has 0 bridgehead atoms. The number of fused-ring (bicyclic) bond motifs is 3. The molecule has 1 aliphatic rings. The molecule has 1 aromatic carbocycles. The van der Waals surface area contributed by atoms with Crippen LogP contribution < -0.4 is 0 Å². The van der Waals surface area contributed by atoms with Crippen LogP contribution in [0, 0.1) is 18.3 Å². The molecular weight excluding hydrogens is 378 g/mol. The van der Waals surface area contributed by atoms with Gasteiger partial charge in [-0.25, -0.2) is 4.98 Å². The molecular formula is C23H23N5O2. The van der Waals surface area contributed by atoms with Gasteiger partial charge in [-0.3, -0.25) is 4.98 Å². The Bertz CT molecular complexity index is 1260. The van der Waals surface area contributed by atoms with E-state index in [2.05, 4.69) is 20.8 Å². The second kappa shape index (κ2) is 7.54. The van der Waals surface area contributed by atoms with Crippen molar-refractivity contribution in [2.24, 2.45) is 0 Å². The number of ether oxygens (including phenoxy) is 1. The maximum atomic E-state index is 9.42. The monoisotopic (exact) mass is 401 g/mol. The van der Waals surface area contributed by atoms with Crippen LogP contribution in [0.1, 0.15) is 54.6 Å². The van der Waals surface area contributed by atoms with Crippen LogP contribution in [0.2, 0.25) is 0 Å². The quantitative estimate of drug-likeness (QED) is 0.501. The van der Waals surface area contributed by atoms with E-state index in [-0.39, 0.29) is 0 Å². The number of nitrogens with zero attached hydrogens (tertiary/aromatic N) is 5. The third kappa shape index (κ3) is 3.23. The highest BCUT2D eigenvalue weighted by atomic mass is 16.5. The number of aryl methyl sites for hydroxylation is 1.